The first kappa shape index (κ1) is 11.9. The number of rotatable bonds is 3. The van der Waals surface area contributed by atoms with Crippen molar-refractivity contribution in [3.8, 4) is 6.07 Å². The third-order valence-electron chi connectivity index (χ3n) is 2.26. The molecule has 0 saturated heterocycles. The first-order valence-electron chi connectivity index (χ1n) is 4.69. The van der Waals surface area contributed by atoms with Gasteiger partial charge in [0.05, 0.1) is 12.0 Å². The maximum Gasteiger partial charge on any atom is 0.131 e. The lowest BCUT2D eigenvalue weighted by atomic mass is 9.92. The van der Waals surface area contributed by atoms with Crippen LogP contribution in [0.1, 0.15) is 30.4 Å². The highest BCUT2D eigenvalue weighted by atomic mass is 79.9. The minimum Gasteiger partial charge on any atom is -0.300 e. The van der Waals surface area contributed by atoms with Gasteiger partial charge in [-0.2, -0.15) is 5.26 Å². The summed E-state index contributed by atoms with van der Waals surface area (Å²) in [6.45, 7) is 3.46. The predicted octanol–water partition coefficient (Wildman–Crippen LogP) is 3.34. The third-order valence-corrected chi connectivity index (χ3v) is 2.76. The molecule has 0 bridgehead atoms. The highest BCUT2D eigenvalue weighted by Gasteiger charge is 2.15. The summed E-state index contributed by atoms with van der Waals surface area (Å²) in [6.07, 6.45) is 0.286. The molecule has 0 aromatic heterocycles. The Morgan fingerprint density at radius 3 is 2.80 bits per heavy atom. The molecule has 1 aromatic carbocycles. The maximum absolute atomic E-state index is 11.0. The summed E-state index contributed by atoms with van der Waals surface area (Å²) in [5.74, 6) is -0.291. The SMILES string of the molecule is CC(=O)CC(C#N)c1cc(Br)ccc1C. The summed E-state index contributed by atoms with van der Waals surface area (Å²) in [5.41, 5.74) is 1.98. The summed E-state index contributed by atoms with van der Waals surface area (Å²) in [6, 6.07) is 7.96. The molecule has 15 heavy (non-hydrogen) atoms. The summed E-state index contributed by atoms with van der Waals surface area (Å²) in [5, 5.41) is 9.03. The molecule has 0 radical (unpaired) electrons. The fourth-order valence-corrected chi connectivity index (χ4v) is 1.88. The fraction of sp³-hybridized carbons (Fsp3) is 0.333. The van der Waals surface area contributed by atoms with Crippen LogP contribution in [0.15, 0.2) is 22.7 Å². The number of aryl methyl sites for hydroxylation is 1. The second-order valence-electron chi connectivity index (χ2n) is 3.59. The van der Waals surface area contributed by atoms with Crippen LogP contribution in [-0.2, 0) is 4.79 Å². The van der Waals surface area contributed by atoms with Crippen molar-refractivity contribution >= 4 is 21.7 Å². The molecule has 0 aliphatic carbocycles. The molecule has 0 spiro atoms. The Morgan fingerprint density at radius 2 is 2.27 bits per heavy atom. The Hall–Kier alpha value is -1.14. The first-order chi connectivity index (χ1) is 7.04. The van der Waals surface area contributed by atoms with Crippen LogP contribution in [0, 0.1) is 18.3 Å². The Labute approximate surface area is 98.0 Å². The van der Waals surface area contributed by atoms with E-state index in [-0.39, 0.29) is 18.1 Å². The van der Waals surface area contributed by atoms with Crippen molar-refractivity contribution in [2.24, 2.45) is 0 Å². The van der Waals surface area contributed by atoms with Gasteiger partial charge >= 0.3 is 0 Å². The van der Waals surface area contributed by atoms with Crippen molar-refractivity contribution in [3.05, 3.63) is 33.8 Å². The van der Waals surface area contributed by atoms with Gasteiger partial charge in [-0.15, -0.1) is 0 Å². The Bertz CT molecular complexity index is 420. The van der Waals surface area contributed by atoms with E-state index in [2.05, 4.69) is 22.0 Å². The molecule has 0 aliphatic heterocycles. The van der Waals surface area contributed by atoms with E-state index < -0.39 is 0 Å². The lowest BCUT2D eigenvalue weighted by Crippen LogP contribution is -2.03. The number of carbonyl (C=O) groups is 1. The van der Waals surface area contributed by atoms with Crippen molar-refractivity contribution in [2.75, 3.05) is 0 Å². The number of nitriles is 1. The van der Waals surface area contributed by atoms with E-state index in [9.17, 15) is 4.79 Å². The molecule has 0 N–H and O–H groups in total. The van der Waals surface area contributed by atoms with Crippen LogP contribution in [0.25, 0.3) is 0 Å². The largest absolute Gasteiger partial charge is 0.300 e. The maximum atomic E-state index is 11.0. The highest BCUT2D eigenvalue weighted by molar-refractivity contribution is 9.10. The third kappa shape index (κ3) is 3.17. The summed E-state index contributed by atoms with van der Waals surface area (Å²) >= 11 is 3.37. The van der Waals surface area contributed by atoms with Gasteiger partial charge < -0.3 is 0 Å². The highest BCUT2D eigenvalue weighted by Crippen LogP contribution is 2.25. The lowest BCUT2D eigenvalue weighted by Gasteiger charge is -2.11. The van der Waals surface area contributed by atoms with Gasteiger partial charge in [-0.25, -0.2) is 0 Å². The minimum atomic E-state index is -0.333. The van der Waals surface area contributed by atoms with Crippen LogP contribution in [0.5, 0.6) is 0 Å². The van der Waals surface area contributed by atoms with Crippen LogP contribution in [-0.4, -0.2) is 5.78 Å². The molecule has 0 aliphatic rings. The van der Waals surface area contributed by atoms with Gasteiger partial charge in [0.25, 0.3) is 0 Å². The van der Waals surface area contributed by atoms with E-state index in [1.54, 1.807) is 0 Å². The van der Waals surface area contributed by atoms with Gasteiger partial charge in [-0.1, -0.05) is 22.0 Å². The van der Waals surface area contributed by atoms with Gasteiger partial charge in [-0.3, -0.25) is 4.79 Å². The van der Waals surface area contributed by atoms with E-state index in [1.807, 2.05) is 25.1 Å². The molecular weight excluding hydrogens is 254 g/mol. The number of benzene rings is 1. The fourth-order valence-electron chi connectivity index (χ4n) is 1.50. The quantitative estimate of drug-likeness (QED) is 0.841. The molecule has 1 unspecified atom stereocenters. The van der Waals surface area contributed by atoms with E-state index in [1.165, 1.54) is 6.92 Å². The Morgan fingerprint density at radius 1 is 1.60 bits per heavy atom. The van der Waals surface area contributed by atoms with Gasteiger partial charge in [0.2, 0.25) is 0 Å². The molecule has 1 aromatic rings. The number of nitrogens with zero attached hydrogens (tertiary/aromatic N) is 1. The van der Waals surface area contributed by atoms with Gasteiger partial charge in [0.15, 0.2) is 0 Å². The molecule has 0 saturated carbocycles. The molecule has 0 fully saturated rings. The number of carbonyl (C=O) groups excluding carboxylic acids is 1. The number of ketones is 1. The molecule has 78 valence electrons. The molecule has 0 heterocycles. The topological polar surface area (TPSA) is 40.9 Å². The molecule has 1 atom stereocenters. The van der Waals surface area contributed by atoms with Crippen molar-refractivity contribution in [1.82, 2.24) is 0 Å². The van der Waals surface area contributed by atoms with Crippen molar-refractivity contribution < 1.29 is 4.79 Å². The zero-order valence-corrected chi connectivity index (χ0v) is 10.3. The van der Waals surface area contributed by atoms with E-state index in [0.29, 0.717) is 0 Å². The molecule has 3 heteroatoms. The Kier molecular flexibility index (Phi) is 4.05. The van der Waals surface area contributed by atoms with Crippen LogP contribution in [0.3, 0.4) is 0 Å². The van der Waals surface area contributed by atoms with E-state index in [0.717, 1.165) is 15.6 Å². The number of Topliss-reactive ketones (excluding diaryl/α,β-unsaturated/α-hetero) is 1. The van der Waals surface area contributed by atoms with Crippen molar-refractivity contribution in [3.63, 3.8) is 0 Å². The summed E-state index contributed by atoms with van der Waals surface area (Å²) in [7, 11) is 0. The standard InChI is InChI=1S/C12H12BrNO/c1-8-3-4-11(13)6-12(8)10(7-14)5-9(2)15/h3-4,6,10H,5H2,1-2H3. The van der Waals surface area contributed by atoms with Gasteiger partial charge in [0, 0.05) is 10.9 Å². The second kappa shape index (κ2) is 5.09. The first-order valence-corrected chi connectivity index (χ1v) is 5.49. The number of hydrogen-bond acceptors (Lipinski definition) is 2. The lowest BCUT2D eigenvalue weighted by molar-refractivity contribution is -0.117. The minimum absolute atomic E-state index is 0.0425. The van der Waals surface area contributed by atoms with Crippen LogP contribution in [0.4, 0.5) is 0 Å². The Balaban J connectivity index is 3.07. The normalized spacial score (nSPS) is 11.9. The van der Waals surface area contributed by atoms with E-state index in [4.69, 9.17) is 5.26 Å². The molecule has 2 nitrogen and oxygen atoms in total. The van der Waals surface area contributed by atoms with E-state index >= 15 is 0 Å². The predicted molar refractivity (Wildman–Crippen MR) is 62.5 cm³/mol. The van der Waals surface area contributed by atoms with Crippen LogP contribution >= 0.6 is 15.9 Å². The van der Waals surface area contributed by atoms with Crippen molar-refractivity contribution in [2.45, 2.75) is 26.2 Å². The summed E-state index contributed by atoms with van der Waals surface area (Å²) in [4.78, 5) is 11.0. The average Bonchev–Trinajstić information content (AvgIpc) is 2.18. The molecular formula is C12H12BrNO. The zero-order valence-electron chi connectivity index (χ0n) is 8.75. The monoisotopic (exact) mass is 265 g/mol. The number of halogens is 1. The second-order valence-corrected chi connectivity index (χ2v) is 4.50. The van der Waals surface area contributed by atoms with Crippen LogP contribution in [0.2, 0.25) is 0 Å². The van der Waals surface area contributed by atoms with Crippen LogP contribution < -0.4 is 0 Å². The number of hydrogen-bond donors (Lipinski definition) is 0. The molecule has 0 amide bonds. The molecule has 1 rings (SSSR count). The van der Waals surface area contributed by atoms with Gasteiger partial charge in [-0.05, 0) is 37.1 Å². The zero-order chi connectivity index (χ0) is 11.4. The average molecular weight is 266 g/mol. The smallest absolute Gasteiger partial charge is 0.131 e. The van der Waals surface area contributed by atoms with Crippen molar-refractivity contribution in [1.29, 1.82) is 5.26 Å². The summed E-state index contributed by atoms with van der Waals surface area (Å²) < 4.78 is 0.937. The van der Waals surface area contributed by atoms with Gasteiger partial charge in [0.1, 0.15) is 5.78 Å².